The van der Waals surface area contributed by atoms with Gasteiger partial charge in [0, 0.05) is 6.04 Å². The summed E-state index contributed by atoms with van der Waals surface area (Å²) in [6.07, 6.45) is 5.75. The van der Waals surface area contributed by atoms with E-state index in [1.165, 1.54) is 44.2 Å². The van der Waals surface area contributed by atoms with E-state index in [1.807, 2.05) is 0 Å². The molecule has 2 N–H and O–H groups in total. The quantitative estimate of drug-likeness (QED) is 0.632. The Balaban J connectivity index is 1.83. The highest BCUT2D eigenvalue weighted by Gasteiger charge is 2.16. The van der Waals surface area contributed by atoms with Gasteiger partial charge < -0.3 is 15.0 Å². The zero-order chi connectivity index (χ0) is 14.4. The van der Waals surface area contributed by atoms with Gasteiger partial charge in [0.1, 0.15) is 0 Å². The highest BCUT2D eigenvalue weighted by Crippen LogP contribution is 2.18. The molecule has 0 atom stereocenters. The van der Waals surface area contributed by atoms with Gasteiger partial charge in [-0.2, -0.15) is 4.98 Å². The number of aromatic nitrogens is 2. The van der Waals surface area contributed by atoms with E-state index in [-0.39, 0.29) is 23.1 Å². The standard InChI is InChI=1S/C13H19N3O3S/c1-19-12-7-10(17)15-13(16-12)20-8-11(18)14-9-5-3-2-4-6-9/h7,9H,2-6,8H2,1H3,(H,14,18)(H,15,16,17). The first kappa shape index (κ1) is 14.9. The average Bonchev–Trinajstić information content (AvgIpc) is 2.45. The SMILES string of the molecule is COc1cc(=O)[nH]c(SCC(=O)NC2CCCCC2)n1. The highest BCUT2D eigenvalue weighted by molar-refractivity contribution is 7.99. The lowest BCUT2D eigenvalue weighted by Crippen LogP contribution is -2.37. The van der Waals surface area contributed by atoms with Crippen molar-refractivity contribution < 1.29 is 9.53 Å². The Morgan fingerprint density at radius 2 is 2.25 bits per heavy atom. The second-order valence-electron chi connectivity index (χ2n) is 4.78. The first-order chi connectivity index (χ1) is 9.67. The van der Waals surface area contributed by atoms with E-state index < -0.39 is 0 Å². The maximum Gasteiger partial charge on any atom is 0.255 e. The van der Waals surface area contributed by atoms with Gasteiger partial charge in [0.2, 0.25) is 11.8 Å². The molecule has 0 spiro atoms. The normalized spacial score (nSPS) is 15.8. The van der Waals surface area contributed by atoms with Gasteiger partial charge in [-0.3, -0.25) is 9.59 Å². The molecule has 110 valence electrons. The van der Waals surface area contributed by atoms with Gasteiger partial charge in [-0.15, -0.1) is 0 Å². The van der Waals surface area contributed by atoms with Crippen LogP contribution in [0.2, 0.25) is 0 Å². The summed E-state index contributed by atoms with van der Waals surface area (Å²) in [6, 6.07) is 1.57. The molecule has 2 rings (SSSR count). The molecule has 1 aromatic rings. The molecule has 0 radical (unpaired) electrons. The van der Waals surface area contributed by atoms with E-state index in [9.17, 15) is 9.59 Å². The monoisotopic (exact) mass is 297 g/mol. The predicted molar refractivity (Wildman–Crippen MR) is 77.1 cm³/mol. The van der Waals surface area contributed by atoms with E-state index in [0.29, 0.717) is 11.2 Å². The molecule has 7 heteroatoms. The number of hydrogen-bond acceptors (Lipinski definition) is 5. The van der Waals surface area contributed by atoms with Crippen molar-refractivity contribution in [2.75, 3.05) is 12.9 Å². The number of carbonyl (C=O) groups excluding carboxylic acids is 1. The van der Waals surface area contributed by atoms with Crippen molar-refractivity contribution in [2.45, 2.75) is 43.3 Å². The third-order valence-electron chi connectivity index (χ3n) is 3.22. The number of carbonyl (C=O) groups is 1. The number of rotatable bonds is 5. The molecule has 0 aliphatic heterocycles. The zero-order valence-corrected chi connectivity index (χ0v) is 12.3. The van der Waals surface area contributed by atoms with Gasteiger partial charge in [-0.05, 0) is 12.8 Å². The van der Waals surface area contributed by atoms with Crippen molar-refractivity contribution in [3.63, 3.8) is 0 Å². The fourth-order valence-electron chi connectivity index (χ4n) is 2.24. The van der Waals surface area contributed by atoms with Crippen molar-refractivity contribution in [3.8, 4) is 5.88 Å². The molecule has 1 fully saturated rings. The fourth-order valence-corrected chi connectivity index (χ4v) is 2.92. The Bertz CT molecular complexity index is 512. The van der Waals surface area contributed by atoms with Crippen LogP contribution in [0.5, 0.6) is 5.88 Å². The first-order valence-electron chi connectivity index (χ1n) is 6.75. The van der Waals surface area contributed by atoms with Crippen molar-refractivity contribution in [3.05, 3.63) is 16.4 Å². The van der Waals surface area contributed by atoms with Crippen LogP contribution in [-0.2, 0) is 4.79 Å². The number of hydrogen-bond donors (Lipinski definition) is 2. The van der Waals surface area contributed by atoms with Crippen LogP contribution in [0.3, 0.4) is 0 Å². The van der Waals surface area contributed by atoms with E-state index in [0.717, 1.165) is 12.8 Å². The lowest BCUT2D eigenvalue weighted by atomic mass is 9.95. The van der Waals surface area contributed by atoms with Crippen molar-refractivity contribution in [2.24, 2.45) is 0 Å². The van der Waals surface area contributed by atoms with Crippen molar-refractivity contribution in [1.29, 1.82) is 0 Å². The van der Waals surface area contributed by atoms with Gasteiger partial charge in [0.25, 0.3) is 5.56 Å². The Morgan fingerprint density at radius 3 is 2.95 bits per heavy atom. The van der Waals surface area contributed by atoms with Gasteiger partial charge >= 0.3 is 0 Å². The molecule has 1 heterocycles. The molecule has 1 aliphatic carbocycles. The molecule has 0 unspecified atom stereocenters. The number of H-pyrrole nitrogens is 1. The number of ether oxygens (including phenoxy) is 1. The lowest BCUT2D eigenvalue weighted by molar-refractivity contribution is -0.119. The van der Waals surface area contributed by atoms with Gasteiger partial charge in [0.15, 0.2) is 5.16 Å². The third-order valence-corrected chi connectivity index (χ3v) is 4.09. The molecule has 20 heavy (non-hydrogen) atoms. The first-order valence-corrected chi connectivity index (χ1v) is 7.73. The Morgan fingerprint density at radius 1 is 1.50 bits per heavy atom. The molecule has 0 saturated heterocycles. The summed E-state index contributed by atoms with van der Waals surface area (Å²) in [5.74, 6) is 0.475. The van der Waals surface area contributed by atoms with Gasteiger partial charge in [0.05, 0.1) is 18.9 Å². The van der Waals surface area contributed by atoms with Crippen LogP contribution in [-0.4, -0.2) is 34.8 Å². The maximum absolute atomic E-state index is 11.8. The molecular weight excluding hydrogens is 278 g/mol. The Kier molecular flexibility index (Phi) is 5.46. The van der Waals surface area contributed by atoms with Crippen LogP contribution < -0.4 is 15.6 Å². The van der Waals surface area contributed by atoms with Crippen molar-refractivity contribution in [1.82, 2.24) is 15.3 Å². The number of nitrogens with zero attached hydrogens (tertiary/aromatic N) is 1. The lowest BCUT2D eigenvalue weighted by Gasteiger charge is -2.22. The molecule has 1 amide bonds. The van der Waals surface area contributed by atoms with E-state index in [1.54, 1.807) is 0 Å². The van der Waals surface area contributed by atoms with E-state index in [4.69, 9.17) is 4.74 Å². The summed E-state index contributed by atoms with van der Waals surface area (Å²) >= 11 is 1.20. The minimum atomic E-state index is -0.285. The highest BCUT2D eigenvalue weighted by atomic mass is 32.2. The zero-order valence-electron chi connectivity index (χ0n) is 11.5. The van der Waals surface area contributed by atoms with Crippen LogP contribution in [0.15, 0.2) is 16.0 Å². The largest absolute Gasteiger partial charge is 0.481 e. The summed E-state index contributed by atoms with van der Waals surface area (Å²) in [4.78, 5) is 29.8. The van der Waals surface area contributed by atoms with Crippen LogP contribution in [0, 0.1) is 0 Å². The molecule has 1 saturated carbocycles. The maximum atomic E-state index is 11.8. The Labute approximate surface area is 121 Å². The topological polar surface area (TPSA) is 84.1 Å². The summed E-state index contributed by atoms with van der Waals surface area (Å²) in [5, 5.41) is 3.42. The number of methoxy groups -OCH3 is 1. The fraction of sp³-hybridized carbons (Fsp3) is 0.615. The van der Waals surface area contributed by atoms with Gasteiger partial charge in [-0.1, -0.05) is 31.0 Å². The molecule has 0 bridgehead atoms. The minimum absolute atomic E-state index is 0.0210. The van der Waals surface area contributed by atoms with Crippen molar-refractivity contribution >= 4 is 17.7 Å². The second kappa shape index (κ2) is 7.33. The van der Waals surface area contributed by atoms with Gasteiger partial charge in [-0.25, -0.2) is 0 Å². The van der Waals surface area contributed by atoms with Crippen LogP contribution in [0.4, 0.5) is 0 Å². The average molecular weight is 297 g/mol. The summed E-state index contributed by atoms with van der Waals surface area (Å²) in [6.45, 7) is 0. The summed E-state index contributed by atoms with van der Waals surface area (Å²) in [5.41, 5.74) is -0.285. The molecule has 1 aliphatic rings. The smallest absolute Gasteiger partial charge is 0.255 e. The number of aromatic amines is 1. The van der Waals surface area contributed by atoms with E-state index in [2.05, 4.69) is 15.3 Å². The predicted octanol–water partition coefficient (Wildman–Crippen LogP) is 1.32. The third kappa shape index (κ3) is 4.56. The minimum Gasteiger partial charge on any atom is -0.481 e. The Hall–Kier alpha value is -1.50. The molecule has 6 nitrogen and oxygen atoms in total. The number of thioether (sulfide) groups is 1. The summed E-state index contributed by atoms with van der Waals surface area (Å²) in [7, 11) is 1.45. The second-order valence-corrected chi connectivity index (χ2v) is 5.75. The summed E-state index contributed by atoms with van der Waals surface area (Å²) < 4.78 is 4.92. The number of amides is 1. The van der Waals surface area contributed by atoms with Crippen LogP contribution in [0.1, 0.15) is 32.1 Å². The van der Waals surface area contributed by atoms with Crippen LogP contribution in [0.25, 0.3) is 0 Å². The molecular formula is C13H19N3O3S. The molecule has 1 aromatic heterocycles. The van der Waals surface area contributed by atoms with Crippen LogP contribution >= 0.6 is 11.8 Å². The number of nitrogens with one attached hydrogen (secondary N) is 2. The molecule has 0 aromatic carbocycles. The van der Waals surface area contributed by atoms with E-state index >= 15 is 0 Å².